The molecular formula is C17H27N3OS. The topological polar surface area (TPSA) is 35.6 Å². The lowest BCUT2D eigenvalue weighted by molar-refractivity contribution is 0.205. The lowest BCUT2D eigenvalue weighted by atomic mass is 10.2. The number of anilines is 1. The Hall–Kier alpha value is -1.20. The fourth-order valence-electron chi connectivity index (χ4n) is 2.97. The van der Waals surface area contributed by atoms with E-state index in [1.54, 1.807) is 0 Å². The molecule has 1 aliphatic rings. The van der Waals surface area contributed by atoms with Crippen LogP contribution in [0.15, 0.2) is 24.3 Å². The van der Waals surface area contributed by atoms with Crippen molar-refractivity contribution in [3.63, 3.8) is 0 Å². The Bertz CT molecular complexity index is 506. The van der Waals surface area contributed by atoms with E-state index in [1.807, 2.05) is 56.0 Å². The van der Waals surface area contributed by atoms with Gasteiger partial charge in [0.15, 0.2) is 0 Å². The molecule has 1 N–H and O–H groups in total. The zero-order valence-electron chi connectivity index (χ0n) is 14.0. The molecule has 0 aromatic heterocycles. The monoisotopic (exact) mass is 321 g/mol. The van der Waals surface area contributed by atoms with E-state index in [4.69, 9.17) is 0 Å². The highest BCUT2D eigenvalue weighted by molar-refractivity contribution is 7.99. The summed E-state index contributed by atoms with van der Waals surface area (Å²) in [5.74, 6) is 0. The van der Waals surface area contributed by atoms with Gasteiger partial charge in [0.1, 0.15) is 0 Å². The van der Waals surface area contributed by atoms with Crippen LogP contribution in [0.4, 0.5) is 10.5 Å². The van der Waals surface area contributed by atoms with Gasteiger partial charge in [-0.05, 0) is 57.3 Å². The van der Waals surface area contributed by atoms with Crippen LogP contribution >= 0.6 is 11.8 Å². The molecule has 2 amide bonds. The third-order valence-corrected chi connectivity index (χ3v) is 5.33. The minimum Gasteiger partial charge on any atom is -0.325 e. The predicted molar refractivity (Wildman–Crippen MR) is 95.6 cm³/mol. The van der Waals surface area contributed by atoms with Crippen LogP contribution in [-0.2, 0) is 6.54 Å². The Labute approximate surface area is 138 Å². The number of carbonyl (C=O) groups is 1. The maximum atomic E-state index is 12.4. The number of amides is 2. The van der Waals surface area contributed by atoms with Crippen molar-refractivity contribution in [2.24, 2.45) is 0 Å². The van der Waals surface area contributed by atoms with Gasteiger partial charge in [0.05, 0.1) is 0 Å². The molecular weight excluding hydrogens is 294 g/mol. The number of thioether (sulfide) groups is 1. The third-order valence-electron chi connectivity index (χ3n) is 4.24. The highest BCUT2D eigenvalue weighted by Gasteiger charge is 2.29. The summed E-state index contributed by atoms with van der Waals surface area (Å²) in [7, 11) is 5.99. The van der Waals surface area contributed by atoms with Crippen LogP contribution in [0.5, 0.6) is 0 Å². The molecule has 0 spiro atoms. The molecule has 4 nitrogen and oxygen atoms in total. The van der Waals surface area contributed by atoms with E-state index in [0.717, 1.165) is 25.1 Å². The summed E-state index contributed by atoms with van der Waals surface area (Å²) in [6.07, 6.45) is 5.58. The summed E-state index contributed by atoms with van der Waals surface area (Å²) in [6.45, 7) is 0.873. The largest absolute Gasteiger partial charge is 0.325 e. The number of carbonyl (C=O) groups excluding carboxylic acids is 1. The molecule has 122 valence electrons. The molecule has 1 aromatic rings. The standard InChI is InChI=1S/C17H27N3OS/c1-19(2)12-13-6-5-7-14(10-13)18-17(21)20(3)15-8-9-16(11-15)22-4/h5-7,10,15-16H,8-9,11-12H2,1-4H3,(H,18,21)/t15-,16-/m0/s1. The summed E-state index contributed by atoms with van der Waals surface area (Å²) < 4.78 is 0. The van der Waals surface area contributed by atoms with Crippen molar-refractivity contribution in [3.8, 4) is 0 Å². The number of urea groups is 1. The number of hydrogen-bond donors (Lipinski definition) is 1. The second-order valence-electron chi connectivity index (χ2n) is 6.30. The van der Waals surface area contributed by atoms with Crippen molar-refractivity contribution in [2.75, 3.05) is 32.7 Å². The van der Waals surface area contributed by atoms with Gasteiger partial charge < -0.3 is 15.1 Å². The number of benzene rings is 1. The van der Waals surface area contributed by atoms with Crippen LogP contribution < -0.4 is 5.32 Å². The van der Waals surface area contributed by atoms with Gasteiger partial charge in [-0.15, -0.1) is 0 Å². The molecule has 2 atom stereocenters. The number of nitrogens with one attached hydrogen (secondary N) is 1. The summed E-state index contributed by atoms with van der Waals surface area (Å²) in [6, 6.07) is 8.43. The molecule has 0 aliphatic heterocycles. The van der Waals surface area contributed by atoms with E-state index in [2.05, 4.69) is 22.5 Å². The van der Waals surface area contributed by atoms with Crippen molar-refractivity contribution >= 4 is 23.5 Å². The van der Waals surface area contributed by atoms with E-state index < -0.39 is 0 Å². The summed E-state index contributed by atoms with van der Waals surface area (Å²) in [5.41, 5.74) is 2.07. The maximum absolute atomic E-state index is 12.4. The Morgan fingerprint density at radius 1 is 1.32 bits per heavy atom. The fraction of sp³-hybridized carbons (Fsp3) is 0.588. The van der Waals surface area contributed by atoms with E-state index in [1.165, 1.54) is 12.0 Å². The average Bonchev–Trinajstić information content (AvgIpc) is 2.95. The van der Waals surface area contributed by atoms with Gasteiger partial charge in [-0.3, -0.25) is 0 Å². The normalized spacial score (nSPS) is 21.1. The summed E-state index contributed by atoms with van der Waals surface area (Å²) in [4.78, 5) is 16.4. The second-order valence-corrected chi connectivity index (χ2v) is 7.44. The van der Waals surface area contributed by atoms with Gasteiger partial charge in [0, 0.05) is 30.6 Å². The van der Waals surface area contributed by atoms with Gasteiger partial charge in [0.2, 0.25) is 0 Å². The van der Waals surface area contributed by atoms with E-state index >= 15 is 0 Å². The molecule has 0 radical (unpaired) electrons. The van der Waals surface area contributed by atoms with Gasteiger partial charge in [-0.1, -0.05) is 12.1 Å². The molecule has 0 unspecified atom stereocenters. The molecule has 1 aromatic carbocycles. The molecule has 22 heavy (non-hydrogen) atoms. The third kappa shape index (κ3) is 4.65. The van der Waals surface area contributed by atoms with Gasteiger partial charge in [0.25, 0.3) is 0 Å². The highest BCUT2D eigenvalue weighted by atomic mass is 32.2. The Balaban J connectivity index is 1.94. The fourth-order valence-corrected chi connectivity index (χ4v) is 3.76. The van der Waals surface area contributed by atoms with Crippen LogP contribution in [0.2, 0.25) is 0 Å². The average molecular weight is 321 g/mol. The van der Waals surface area contributed by atoms with Crippen LogP contribution in [0.1, 0.15) is 24.8 Å². The van der Waals surface area contributed by atoms with E-state index in [0.29, 0.717) is 11.3 Å². The minimum atomic E-state index is -0.00578. The minimum absolute atomic E-state index is 0.00578. The van der Waals surface area contributed by atoms with Crippen LogP contribution in [0, 0.1) is 0 Å². The molecule has 0 heterocycles. The Morgan fingerprint density at radius 3 is 2.73 bits per heavy atom. The SMILES string of the molecule is CS[C@H]1CC[C@H](N(C)C(=O)Nc2cccc(CN(C)C)c2)C1. The van der Waals surface area contributed by atoms with E-state index in [9.17, 15) is 4.79 Å². The quantitative estimate of drug-likeness (QED) is 0.901. The first-order valence-electron chi connectivity index (χ1n) is 7.80. The van der Waals surface area contributed by atoms with Gasteiger partial charge in [-0.25, -0.2) is 4.79 Å². The Morgan fingerprint density at radius 2 is 2.09 bits per heavy atom. The van der Waals surface area contributed by atoms with Crippen molar-refractivity contribution in [2.45, 2.75) is 37.1 Å². The maximum Gasteiger partial charge on any atom is 0.321 e. The smallest absolute Gasteiger partial charge is 0.321 e. The van der Waals surface area contributed by atoms with Gasteiger partial charge >= 0.3 is 6.03 Å². The highest BCUT2D eigenvalue weighted by Crippen LogP contribution is 2.31. The zero-order chi connectivity index (χ0) is 16.1. The molecule has 0 saturated heterocycles. The second kappa shape index (κ2) is 7.88. The summed E-state index contributed by atoms with van der Waals surface area (Å²) >= 11 is 1.91. The first kappa shape index (κ1) is 17.2. The predicted octanol–water partition coefficient (Wildman–Crippen LogP) is 3.50. The first-order chi connectivity index (χ1) is 10.5. The lowest BCUT2D eigenvalue weighted by Gasteiger charge is -2.25. The van der Waals surface area contributed by atoms with Gasteiger partial charge in [-0.2, -0.15) is 11.8 Å². The first-order valence-corrected chi connectivity index (χ1v) is 9.08. The van der Waals surface area contributed by atoms with Crippen molar-refractivity contribution < 1.29 is 4.79 Å². The lowest BCUT2D eigenvalue weighted by Crippen LogP contribution is -2.38. The van der Waals surface area contributed by atoms with Crippen molar-refractivity contribution in [1.29, 1.82) is 0 Å². The molecule has 1 fully saturated rings. The van der Waals surface area contributed by atoms with E-state index in [-0.39, 0.29) is 6.03 Å². The Kier molecular flexibility index (Phi) is 6.15. The molecule has 1 aliphatic carbocycles. The van der Waals surface area contributed by atoms with Crippen LogP contribution in [0.25, 0.3) is 0 Å². The summed E-state index contributed by atoms with van der Waals surface area (Å²) in [5, 5.41) is 3.72. The van der Waals surface area contributed by atoms with Crippen LogP contribution in [-0.4, -0.2) is 54.5 Å². The van der Waals surface area contributed by atoms with Crippen molar-refractivity contribution in [3.05, 3.63) is 29.8 Å². The molecule has 0 bridgehead atoms. The zero-order valence-corrected chi connectivity index (χ0v) is 14.8. The van der Waals surface area contributed by atoms with Crippen LogP contribution in [0.3, 0.4) is 0 Å². The molecule has 1 saturated carbocycles. The molecule has 2 rings (SSSR count). The number of rotatable bonds is 5. The number of nitrogens with zero attached hydrogens (tertiary/aromatic N) is 2. The van der Waals surface area contributed by atoms with Crippen molar-refractivity contribution in [1.82, 2.24) is 9.80 Å². The molecule has 5 heteroatoms. The number of hydrogen-bond acceptors (Lipinski definition) is 3.